The smallest absolute Gasteiger partial charge is 0.242 e. The molecule has 0 aromatic heterocycles. The Hall–Kier alpha value is -1.96. The van der Waals surface area contributed by atoms with Crippen molar-refractivity contribution in [2.75, 3.05) is 21.3 Å². The van der Waals surface area contributed by atoms with Crippen molar-refractivity contribution in [2.24, 2.45) is 0 Å². The summed E-state index contributed by atoms with van der Waals surface area (Å²) in [5.74, 6) is 1.34. The molecule has 0 unspecified atom stereocenters. The second-order valence-electron chi connectivity index (χ2n) is 5.29. The average Bonchev–Trinajstić information content (AvgIpc) is 2.58. The maximum atomic E-state index is 12.5. The Morgan fingerprint density at radius 1 is 1.00 bits per heavy atom. The van der Waals surface area contributed by atoms with Crippen LogP contribution in [0.1, 0.15) is 11.1 Å². The van der Waals surface area contributed by atoms with Gasteiger partial charge in [0.1, 0.15) is 4.90 Å². The molecular formula is C17H20ClNO5S. The highest BCUT2D eigenvalue weighted by molar-refractivity contribution is 7.89. The number of nitrogens with one attached hydrogen (secondary N) is 1. The van der Waals surface area contributed by atoms with Crippen LogP contribution < -0.4 is 18.9 Å². The van der Waals surface area contributed by atoms with E-state index < -0.39 is 10.0 Å². The Morgan fingerprint density at radius 2 is 1.60 bits per heavy atom. The SMILES string of the molecule is COc1cc(CNS(=O)(=O)c2ccc(C)cc2Cl)cc(OC)c1OC. The Bertz CT molecular complexity index is 842. The highest BCUT2D eigenvalue weighted by Crippen LogP contribution is 2.38. The van der Waals surface area contributed by atoms with E-state index in [-0.39, 0.29) is 16.5 Å². The first-order valence-electron chi connectivity index (χ1n) is 7.37. The molecule has 0 radical (unpaired) electrons. The Balaban J connectivity index is 2.28. The first-order valence-corrected chi connectivity index (χ1v) is 9.23. The van der Waals surface area contributed by atoms with Gasteiger partial charge in [0.2, 0.25) is 15.8 Å². The molecule has 0 fully saturated rings. The lowest BCUT2D eigenvalue weighted by molar-refractivity contribution is 0.323. The molecule has 0 saturated heterocycles. The second kappa shape index (κ2) is 7.95. The fourth-order valence-corrected chi connectivity index (χ4v) is 3.93. The van der Waals surface area contributed by atoms with Gasteiger partial charge in [0.25, 0.3) is 0 Å². The molecule has 0 aliphatic rings. The van der Waals surface area contributed by atoms with E-state index in [4.69, 9.17) is 25.8 Å². The lowest BCUT2D eigenvalue weighted by Gasteiger charge is -2.15. The number of ether oxygens (including phenoxy) is 3. The highest BCUT2D eigenvalue weighted by Gasteiger charge is 2.19. The summed E-state index contributed by atoms with van der Waals surface area (Å²) < 4.78 is 43.3. The van der Waals surface area contributed by atoms with Gasteiger partial charge in [-0.25, -0.2) is 13.1 Å². The zero-order valence-corrected chi connectivity index (χ0v) is 16.0. The van der Waals surface area contributed by atoms with E-state index in [1.54, 1.807) is 24.3 Å². The normalized spacial score (nSPS) is 11.2. The van der Waals surface area contributed by atoms with Gasteiger partial charge in [-0.2, -0.15) is 0 Å². The van der Waals surface area contributed by atoms with E-state index in [1.165, 1.54) is 27.4 Å². The predicted molar refractivity (Wildman–Crippen MR) is 96.3 cm³/mol. The van der Waals surface area contributed by atoms with Crippen LogP contribution in [0.5, 0.6) is 17.2 Å². The predicted octanol–water partition coefficient (Wildman–Crippen LogP) is 3.15. The lowest BCUT2D eigenvalue weighted by Crippen LogP contribution is -2.23. The van der Waals surface area contributed by atoms with Crippen molar-refractivity contribution in [2.45, 2.75) is 18.4 Å². The summed E-state index contributed by atoms with van der Waals surface area (Å²) >= 11 is 6.06. The fourth-order valence-electron chi connectivity index (χ4n) is 2.32. The van der Waals surface area contributed by atoms with Crippen LogP contribution in [0.2, 0.25) is 5.02 Å². The molecule has 136 valence electrons. The molecule has 0 spiro atoms. The molecule has 1 N–H and O–H groups in total. The maximum Gasteiger partial charge on any atom is 0.242 e. The van der Waals surface area contributed by atoms with Crippen LogP contribution in [0.3, 0.4) is 0 Å². The van der Waals surface area contributed by atoms with Crippen LogP contribution in [0.4, 0.5) is 0 Å². The van der Waals surface area contributed by atoms with Crippen molar-refractivity contribution in [3.63, 3.8) is 0 Å². The molecule has 0 aliphatic heterocycles. The van der Waals surface area contributed by atoms with Gasteiger partial charge in [-0.05, 0) is 42.3 Å². The molecule has 0 heterocycles. The molecule has 8 heteroatoms. The number of methoxy groups -OCH3 is 3. The van der Waals surface area contributed by atoms with Gasteiger partial charge in [-0.3, -0.25) is 0 Å². The topological polar surface area (TPSA) is 73.9 Å². The minimum absolute atomic E-state index is 0.0345. The van der Waals surface area contributed by atoms with E-state index in [2.05, 4.69) is 4.72 Å². The van der Waals surface area contributed by atoms with Crippen LogP contribution in [0.15, 0.2) is 35.2 Å². The molecule has 0 aliphatic carbocycles. The standard InChI is InChI=1S/C17H20ClNO5S/c1-11-5-6-16(13(18)7-11)25(20,21)19-10-12-8-14(22-2)17(24-4)15(9-12)23-3/h5-9,19H,10H2,1-4H3. The number of hydrogen-bond donors (Lipinski definition) is 1. The number of halogens is 1. The van der Waals surface area contributed by atoms with Crippen molar-refractivity contribution < 1.29 is 22.6 Å². The molecule has 0 atom stereocenters. The molecule has 2 rings (SSSR count). The third kappa shape index (κ3) is 4.36. The molecule has 2 aromatic carbocycles. The molecular weight excluding hydrogens is 366 g/mol. The molecule has 0 bridgehead atoms. The van der Waals surface area contributed by atoms with Crippen molar-refractivity contribution in [1.29, 1.82) is 0 Å². The summed E-state index contributed by atoms with van der Waals surface area (Å²) in [5.41, 5.74) is 1.54. The van der Waals surface area contributed by atoms with Crippen LogP contribution in [-0.4, -0.2) is 29.7 Å². The van der Waals surface area contributed by atoms with Gasteiger partial charge >= 0.3 is 0 Å². The van der Waals surface area contributed by atoms with E-state index in [0.717, 1.165) is 5.56 Å². The van der Waals surface area contributed by atoms with Crippen molar-refractivity contribution in [3.8, 4) is 17.2 Å². The molecule has 25 heavy (non-hydrogen) atoms. The monoisotopic (exact) mass is 385 g/mol. The molecule has 6 nitrogen and oxygen atoms in total. The quantitative estimate of drug-likeness (QED) is 0.792. The van der Waals surface area contributed by atoms with Crippen molar-refractivity contribution in [3.05, 3.63) is 46.5 Å². The molecule has 0 amide bonds. The maximum absolute atomic E-state index is 12.5. The number of sulfonamides is 1. The highest BCUT2D eigenvalue weighted by atomic mass is 35.5. The first-order chi connectivity index (χ1) is 11.8. The van der Waals surface area contributed by atoms with Crippen LogP contribution in [0, 0.1) is 6.92 Å². The minimum atomic E-state index is -3.76. The average molecular weight is 386 g/mol. The molecule has 2 aromatic rings. The minimum Gasteiger partial charge on any atom is -0.493 e. The number of aryl methyl sites for hydroxylation is 1. The second-order valence-corrected chi connectivity index (χ2v) is 7.43. The van der Waals surface area contributed by atoms with Gasteiger partial charge in [-0.1, -0.05) is 17.7 Å². The Labute approximate surface area is 152 Å². The Morgan fingerprint density at radius 3 is 2.08 bits per heavy atom. The van der Waals surface area contributed by atoms with Gasteiger partial charge in [0.05, 0.1) is 26.4 Å². The summed E-state index contributed by atoms with van der Waals surface area (Å²) in [6.07, 6.45) is 0. The Kier molecular flexibility index (Phi) is 6.16. The van der Waals surface area contributed by atoms with Crippen LogP contribution in [0.25, 0.3) is 0 Å². The fraction of sp³-hybridized carbons (Fsp3) is 0.294. The largest absolute Gasteiger partial charge is 0.493 e. The van der Waals surface area contributed by atoms with Gasteiger partial charge in [0, 0.05) is 6.54 Å². The van der Waals surface area contributed by atoms with Crippen LogP contribution >= 0.6 is 11.6 Å². The summed E-state index contributed by atoms with van der Waals surface area (Å²) in [6, 6.07) is 8.14. The van der Waals surface area contributed by atoms with E-state index >= 15 is 0 Å². The van der Waals surface area contributed by atoms with Crippen LogP contribution in [-0.2, 0) is 16.6 Å². The number of rotatable bonds is 7. The third-order valence-electron chi connectivity index (χ3n) is 3.57. The third-order valence-corrected chi connectivity index (χ3v) is 5.45. The van der Waals surface area contributed by atoms with Crippen molar-refractivity contribution in [1.82, 2.24) is 4.72 Å². The zero-order chi connectivity index (χ0) is 18.6. The summed E-state index contributed by atoms with van der Waals surface area (Å²) in [7, 11) is 0.741. The van der Waals surface area contributed by atoms with E-state index in [1.807, 2.05) is 6.92 Å². The lowest BCUT2D eigenvalue weighted by atomic mass is 10.2. The van der Waals surface area contributed by atoms with Gasteiger partial charge < -0.3 is 14.2 Å². The number of benzene rings is 2. The van der Waals surface area contributed by atoms with Gasteiger partial charge in [-0.15, -0.1) is 0 Å². The summed E-state index contributed by atoms with van der Waals surface area (Å²) in [5, 5.41) is 0.178. The van der Waals surface area contributed by atoms with E-state index in [0.29, 0.717) is 22.8 Å². The van der Waals surface area contributed by atoms with Gasteiger partial charge in [0.15, 0.2) is 11.5 Å². The zero-order valence-electron chi connectivity index (χ0n) is 14.4. The number of hydrogen-bond acceptors (Lipinski definition) is 5. The summed E-state index contributed by atoms with van der Waals surface area (Å²) in [6.45, 7) is 1.88. The van der Waals surface area contributed by atoms with E-state index in [9.17, 15) is 8.42 Å². The first kappa shape index (κ1) is 19.4. The summed E-state index contributed by atoms with van der Waals surface area (Å²) in [4.78, 5) is 0.0345. The van der Waals surface area contributed by atoms with Crippen molar-refractivity contribution >= 4 is 21.6 Å². The molecule has 0 saturated carbocycles.